The fraction of sp³-hybridized carbons (Fsp3) is 0.318. The maximum atomic E-state index is 13.3. The Labute approximate surface area is 164 Å². The van der Waals surface area contributed by atoms with Crippen molar-refractivity contribution >= 4 is 23.8 Å². The summed E-state index contributed by atoms with van der Waals surface area (Å²) in [6, 6.07) is 12.2. The van der Waals surface area contributed by atoms with E-state index in [1.54, 1.807) is 18.2 Å². The van der Waals surface area contributed by atoms with Gasteiger partial charge in [0, 0.05) is 17.8 Å². The number of carbonyl (C=O) groups is 1. The number of likely N-dealkylation sites (tertiary alicyclic amines) is 1. The average molecular weight is 386 g/mol. The van der Waals surface area contributed by atoms with Gasteiger partial charge in [-0.1, -0.05) is 30.4 Å². The summed E-state index contributed by atoms with van der Waals surface area (Å²) in [6.07, 6.45) is 7.61. The van der Waals surface area contributed by atoms with Gasteiger partial charge >= 0.3 is 5.97 Å². The van der Waals surface area contributed by atoms with E-state index in [0.717, 1.165) is 29.7 Å². The van der Waals surface area contributed by atoms with E-state index in [0.29, 0.717) is 16.9 Å². The molecule has 0 aromatic heterocycles. The number of ether oxygens (including phenoxy) is 1. The van der Waals surface area contributed by atoms with Gasteiger partial charge in [-0.25, -0.2) is 9.18 Å². The molecule has 1 aliphatic rings. The van der Waals surface area contributed by atoms with Crippen molar-refractivity contribution in [2.75, 3.05) is 27.0 Å². The zero-order valence-electron chi connectivity index (χ0n) is 15.8. The highest BCUT2D eigenvalue weighted by molar-refractivity contribution is 7.99. The van der Waals surface area contributed by atoms with Crippen LogP contribution >= 0.6 is 11.8 Å². The van der Waals surface area contributed by atoms with Gasteiger partial charge in [0.2, 0.25) is 0 Å². The van der Waals surface area contributed by atoms with Gasteiger partial charge in [0.1, 0.15) is 5.82 Å². The van der Waals surface area contributed by atoms with Crippen LogP contribution in [0.25, 0.3) is 17.2 Å². The second-order valence-electron chi connectivity index (χ2n) is 6.76. The molecule has 2 atom stereocenters. The highest BCUT2D eigenvalue weighted by Crippen LogP contribution is 2.28. The topological polar surface area (TPSA) is 29.5 Å². The lowest BCUT2D eigenvalue weighted by molar-refractivity contribution is 0.0601. The molecule has 3 rings (SSSR count). The van der Waals surface area contributed by atoms with Crippen molar-refractivity contribution in [2.45, 2.75) is 17.7 Å². The zero-order chi connectivity index (χ0) is 19.4. The molecule has 2 unspecified atom stereocenters. The summed E-state index contributed by atoms with van der Waals surface area (Å²) in [4.78, 5) is 14.5. The summed E-state index contributed by atoms with van der Waals surface area (Å²) in [7, 11) is 3.51. The first kappa shape index (κ1) is 19.6. The summed E-state index contributed by atoms with van der Waals surface area (Å²) in [5, 5.41) is 0.668. The van der Waals surface area contributed by atoms with Crippen LogP contribution in [0.2, 0.25) is 0 Å². The second kappa shape index (κ2) is 8.72. The maximum absolute atomic E-state index is 13.3. The Balaban J connectivity index is 1.91. The van der Waals surface area contributed by atoms with Crippen LogP contribution in [0, 0.1) is 5.82 Å². The number of thioether (sulfide) groups is 1. The van der Waals surface area contributed by atoms with Crippen molar-refractivity contribution < 1.29 is 13.9 Å². The smallest absolute Gasteiger partial charge is 0.338 e. The number of nitrogens with zero attached hydrogens (tertiary/aromatic N) is 1. The minimum Gasteiger partial charge on any atom is -0.465 e. The highest BCUT2D eigenvalue weighted by Gasteiger charge is 2.26. The van der Waals surface area contributed by atoms with E-state index >= 15 is 0 Å². The fourth-order valence-electron chi connectivity index (χ4n) is 3.42. The molecular formula is C22H24FNO2S. The molecule has 0 N–H and O–H groups in total. The van der Waals surface area contributed by atoms with Gasteiger partial charge in [-0.3, -0.25) is 4.90 Å². The van der Waals surface area contributed by atoms with Crippen molar-refractivity contribution in [2.24, 2.45) is 0 Å². The normalized spacial score (nSPS) is 20.3. The van der Waals surface area contributed by atoms with E-state index in [1.165, 1.54) is 19.2 Å². The number of hydrogen-bond donors (Lipinski definition) is 0. The van der Waals surface area contributed by atoms with Crippen LogP contribution in [0.15, 0.2) is 48.5 Å². The molecule has 3 nitrogen and oxygen atoms in total. The SMILES string of the molecule is COC(=O)c1ccc(/C=C/C2CC(SC)CN2C)cc1-c1ccc(F)cc1. The van der Waals surface area contributed by atoms with E-state index in [9.17, 15) is 9.18 Å². The molecule has 0 saturated carbocycles. The molecule has 27 heavy (non-hydrogen) atoms. The molecule has 0 bridgehead atoms. The molecule has 0 aliphatic carbocycles. The van der Waals surface area contributed by atoms with Crippen LogP contribution in [-0.2, 0) is 4.74 Å². The lowest BCUT2D eigenvalue weighted by Crippen LogP contribution is -2.22. The number of carbonyl (C=O) groups excluding carboxylic acids is 1. The van der Waals surface area contributed by atoms with Crippen LogP contribution in [0.4, 0.5) is 4.39 Å². The number of hydrogen-bond acceptors (Lipinski definition) is 4. The molecular weight excluding hydrogens is 361 g/mol. The third kappa shape index (κ3) is 4.60. The van der Waals surface area contributed by atoms with Gasteiger partial charge in [-0.05, 0) is 60.7 Å². The zero-order valence-corrected chi connectivity index (χ0v) is 16.6. The van der Waals surface area contributed by atoms with Crippen LogP contribution in [0.3, 0.4) is 0 Å². The number of likely N-dealkylation sites (N-methyl/N-ethyl adjacent to an activating group) is 1. The molecule has 0 spiro atoms. The molecule has 0 amide bonds. The number of rotatable bonds is 5. The van der Waals surface area contributed by atoms with E-state index in [1.807, 2.05) is 23.9 Å². The monoisotopic (exact) mass is 385 g/mol. The number of benzene rings is 2. The largest absolute Gasteiger partial charge is 0.465 e. The van der Waals surface area contributed by atoms with Gasteiger partial charge in [0.15, 0.2) is 0 Å². The minimum atomic E-state index is -0.400. The Hall–Kier alpha value is -2.11. The van der Waals surface area contributed by atoms with Gasteiger partial charge in [0.05, 0.1) is 12.7 Å². The quantitative estimate of drug-likeness (QED) is 0.696. The average Bonchev–Trinajstić information content (AvgIpc) is 3.06. The van der Waals surface area contributed by atoms with Crippen molar-refractivity contribution in [1.82, 2.24) is 4.90 Å². The van der Waals surface area contributed by atoms with Crippen molar-refractivity contribution in [3.05, 3.63) is 65.5 Å². The number of methoxy groups -OCH3 is 1. The molecule has 2 aromatic rings. The highest BCUT2D eigenvalue weighted by atomic mass is 32.2. The van der Waals surface area contributed by atoms with Crippen LogP contribution in [0.1, 0.15) is 22.3 Å². The summed E-state index contributed by atoms with van der Waals surface area (Å²) >= 11 is 1.91. The molecule has 1 saturated heterocycles. The lowest BCUT2D eigenvalue weighted by Gasteiger charge is -2.15. The maximum Gasteiger partial charge on any atom is 0.338 e. The molecule has 5 heteroatoms. The first-order valence-corrected chi connectivity index (χ1v) is 10.2. The molecule has 0 radical (unpaired) electrons. The van der Waals surface area contributed by atoms with Gasteiger partial charge in [-0.2, -0.15) is 11.8 Å². The van der Waals surface area contributed by atoms with Gasteiger partial charge < -0.3 is 4.74 Å². The Morgan fingerprint density at radius 3 is 2.63 bits per heavy atom. The molecule has 2 aromatic carbocycles. The molecule has 1 fully saturated rings. The number of halogens is 1. The van der Waals surface area contributed by atoms with E-state index < -0.39 is 5.97 Å². The van der Waals surface area contributed by atoms with Gasteiger partial charge in [-0.15, -0.1) is 0 Å². The first-order valence-electron chi connectivity index (χ1n) is 8.91. The summed E-state index contributed by atoms with van der Waals surface area (Å²) in [5.41, 5.74) is 3.00. The third-order valence-electron chi connectivity index (χ3n) is 5.01. The summed E-state index contributed by atoms with van der Waals surface area (Å²) < 4.78 is 18.2. The first-order chi connectivity index (χ1) is 13.0. The second-order valence-corrected chi connectivity index (χ2v) is 7.90. The van der Waals surface area contributed by atoms with E-state index in [4.69, 9.17) is 4.74 Å². The third-order valence-corrected chi connectivity index (χ3v) is 6.02. The predicted molar refractivity (Wildman–Crippen MR) is 111 cm³/mol. The lowest BCUT2D eigenvalue weighted by atomic mass is 9.96. The van der Waals surface area contributed by atoms with Crippen molar-refractivity contribution in [3.63, 3.8) is 0 Å². The Kier molecular flexibility index (Phi) is 6.34. The van der Waals surface area contributed by atoms with Crippen molar-refractivity contribution in [3.8, 4) is 11.1 Å². The van der Waals surface area contributed by atoms with Gasteiger partial charge in [0.25, 0.3) is 0 Å². The van der Waals surface area contributed by atoms with Crippen LogP contribution < -0.4 is 0 Å². The Bertz CT molecular complexity index is 835. The Morgan fingerprint density at radius 2 is 2.00 bits per heavy atom. The van der Waals surface area contributed by atoms with Crippen LogP contribution in [-0.4, -0.2) is 49.1 Å². The summed E-state index contributed by atoms with van der Waals surface area (Å²) in [5.74, 6) is -0.703. The number of esters is 1. The fourth-order valence-corrected chi connectivity index (χ4v) is 4.19. The van der Waals surface area contributed by atoms with E-state index in [2.05, 4.69) is 30.4 Å². The predicted octanol–water partition coefficient (Wildman–Crippen LogP) is 4.73. The molecule has 1 heterocycles. The standard InChI is InChI=1S/C22H24FNO2S/c1-24-14-19(27-3)13-18(24)10-4-15-5-11-20(22(25)26-2)21(12-15)16-6-8-17(23)9-7-16/h4-12,18-19H,13-14H2,1-3H3/b10-4+. The summed E-state index contributed by atoms with van der Waals surface area (Å²) in [6.45, 7) is 1.10. The van der Waals surface area contributed by atoms with Crippen LogP contribution in [0.5, 0.6) is 0 Å². The Morgan fingerprint density at radius 1 is 1.26 bits per heavy atom. The minimum absolute atomic E-state index is 0.304. The van der Waals surface area contributed by atoms with Crippen molar-refractivity contribution in [1.29, 1.82) is 0 Å². The van der Waals surface area contributed by atoms with E-state index in [-0.39, 0.29) is 5.82 Å². The molecule has 142 valence electrons. The molecule has 1 aliphatic heterocycles.